The minimum Gasteiger partial charge on any atom is -0.504 e. The van der Waals surface area contributed by atoms with Gasteiger partial charge in [-0.3, -0.25) is 10.1 Å². The second kappa shape index (κ2) is 6.23. The van der Waals surface area contributed by atoms with Crippen LogP contribution in [-0.2, 0) is 12.8 Å². The van der Waals surface area contributed by atoms with Gasteiger partial charge in [-0.2, -0.15) is 0 Å². The maximum atomic E-state index is 11.2. The van der Waals surface area contributed by atoms with Crippen LogP contribution in [0.5, 0.6) is 11.5 Å². The lowest BCUT2D eigenvalue weighted by molar-refractivity contribution is -0.386. The molecule has 3 N–H and O–H groups in total. The highest BCUT2D eigenvalue weighted by Gasteiger charge is 2.33. The average molecular weight is 283 g/mol. The van der Waals surface area contributed by atoms with Gasteiger partial charge in [-0.05, 0) is 12.8 Å². The minimum absolute atomic E-state index is 0.187. The maximum absolute atomic E-state index is 11.2. The number of carboxylic acid groups (broad SMARTS) is 1. The third kappa shape index (κ3) is 2.66. The molecule has 110 valence electrons. The number of carbonyl (C=O) groups is 1. The molecular weight excluding hydrogens is 266 g/mol. The number of phenols is 2. The van der Waals surface area contributed by atoms with Gasteiger partial charge in [0.15, 0.2) is 17.1 Å². The van der Waals surface area contributed by atoms with Crippen molar-refractivity contribution in [3.8, 4) is 11.5 Å². The predicted octanol–water partition coefficient (Wildman–Crippen LogP) is 2.61. The summed E-state index contributed by atoms with van der Waals surface area (Å²) in [6.07, 6.45) is 1.75. The molecule has 0 aliphatic rings. The summed E-state index contributed by atoms with van der Waals surface area (Å²) in [7, 11) is 0. The van der Waals surface area contributed by atoms with Crippen LogP contribution in [0.2, 0.25) is 0 Å². The zero-order valence-corrected chi connectivity index (χ0v) is 11.3. The molecule has 0 saturated carbocycles. The fraction of sp³-hybridized carbons (Fsp3) is 0.462. The van der Waals surface area contributed by atoms with E-state index in [1.54, 1.807) is 6.92 Å². The van der Waals surface area contributed by atoms with Crippen LogP contribution in [0.4, 0.5) is 5.69 Å². The highest BCUT2D eigenvalue weighted by atomic mass is 16.6. The number of nitro groups is 1. The second-order valence-electron chi connectivity index (χ2n) is 4.44. The third-order valence-electron chi connectivity index (χ3n) is 3.03. The number of nitro benzene ring substituents is 1. The smallest absolute Gasteiger partial charge is 0.346 e. The van der Waals surface area contributed by atoms with E-state index in [0.29, 0.717) is 19.3 Å². The lowest BCUT2D eigenvalue weighted by Gasteiger charge is -2.14. The number of nitrogens with zero attached hydrogens (tertiary/aromatic N) is 1. The summed E-state index contributed by atoms with van der Waals surface area (Å²) < 4.78 is 0. The van der Waals surface area contributed by atoms with E-state index in [2.05, 4.69) is 0 Å². The summed E-state index contributed by atoms with van der Waals surface area (Å²) in [5.74, 6) is -3.14. The molecule has 0 fully saturated rings. The van der Waals surface area contributed by atoms with Crippen LogP contribution in [0.1, 0.15) is 48.2 Å². The van der Waals surface area contributed by atoms with Crippen LogP contribution in [-0.4, -0.2) is 26.2 Å². The summed E-state index contributed by atoms with van der Waals surface area (Å²) in [6, 6.07) is 0. The highest BCUT2D eigenvalue weighted by Crippen LogP contribution is 2.43. The van der Waals surface area contributed by atoms with Crippen molar-refractivity contribution in [3.63, 3.8) is 0 Å². The molecule has 7 nitrogen and oxygen atoms in total. The number of benzene rings is 1. The first-order valence-corrected chi connectivity index (χ1v) is 6.34. The van der Waals surface area contributed by atoms with Gasteiger partial charge in [-0.25, -0.2) is 4.79 Å². The van der Waals surface area contributed by atoms with Crippen molar-refractivity contribution in [1.29, 1.82) is 0 Å². The molecule has 0 bridgehead atoms. The molecule has 1 aromatic carbocycles. The van der Waals surface area contributed by atoms with Gasteiger partial charge in [0.2, 0.25) is 0 Å². The van der Waals surface area contributed by atoms with E-state index < -0.39 is 33.6 Å². The average Bonchev–Trinajstić information content (AvgIpc) is 2.37. The molecule has 0 spiro atoms. The standard InChI is InChI=1S/C13H17NO6/c1-3-5-7-8(6-4-2)11(15)12(16)9(13(17)18)10(7)14(19)20/h15-16H,3-6H2,1-2H3,(H,17,18). The van der Waals surface area contributed by atoms with Gasteiger partial charge in [0, 0.05) is 11.1 Å². The van der Waals surface area contributed by atoms with Crippen LogP contribution in [0.15, 0.2) is 0 Å². The fourth-order valence-electron chi connectivity index (χ4n) is 2.25. The molecule has 0 amide bonds. The molecule has 1 rings (SSSR count). The number of aromatic carboxylic acids is 1. The predicted molar refractivity (Wildman–Crippen MR) is 71.4 cm³/mol. The Kier molecular flexibility index (Phi) is 4.90. The summed E-state index contributed by atoms with van der Waals surface area (Å²) in [4.78, 5) is 21.5. The van der Waals surface area contributed by atoms with Crippen molar-refractivity contribution < 1.29 is 25.0 Å². The Labute approximate surface area is 115 Å². The van der Waals surface area contributed by atoms with Crippen molar-refractivity contribution in [3.05, 3.63) is 26.8 Å². The largest absolute Gasteiger partial charge is 0.504 e. The van der Waals surface area contributed by atoms with Gasteiger partial charge in [-0.15, -0.1) is 0 Å². The SMILES string of the molecule is CCCc1c(O)c(O)c(C(=O)O)c([N+](=O)[O-])c1CCC. The van der Waals surface area contributed by atoms with Crippen LogP contribution in [0.25, 0.3) is 0 Å². The van der Waals surface area contributed by atoms with E-state index in [-0.39, 0.29) is 17.5 Å². The number of aromatic hydroxyl groups is 2. The Bertz CT molecular complexity index is 553. The van der Waals surface area contributed by atoms with Crippen molar-refractivity contribution in [1.82, 2.24) is 0 Å². The molecule has 0 aromatic heterocycles. The van der Waals surface area contributed by atoms with Crippen LogP contribution >= 0.6 is 0 Å². The number of hydrogen-bond acceptors (Lipinski definition) is 5. The quantitative estimate of drug-likeness (QED) is 0.419. The van der Waals surface area contributed by atoms with Crippen LogP contribution in [0, 0.1) is 10.1 Å². The van der Waals surface area contributed by atoms with E-state index in [4.69, 9.17) is 5.11 Å². The van der Waals surface area contributed by atoms with E-state index >= 15 is 0 Å². The van der Waals surface area contributed by atoms with Gasteiger partial charge >= 0.3 is 5.97 Å². The molecule has 0 unspecified atom stereocenters. The summed E-state index contributed by atoms with van der Waals surface area (Å²) >= 11 is 0. The summed E-state index contributed by atoms with van der Waals surface area (Å²) in [5, 5.41) is 39.9. The zero-order valence-electron chi connectivity index (χ0n) is 11.3. The van der Waals surface area contributed by atoms with Gasteiger partial charge in [0.25, 0.3) is 5.69 Å². The topological polar surface area (TPSA) is 121 Å². The Hall–Kier alpha value is -2.31. The van der Waals surface area contributed by atoms with E-state index in [0.717, 1.165) is 0 Å². The highest BCUT2D eigenvalue weighted by molar-refractivity contribution is 5.98. The van der Waals surface area contributed by atoms with Crippen LogP contribution < -0.4 is 0 Å². The van der Waals surface area contributed by atoms with E-state index in [1.807, 2.05) is 6.92 Å². The van der Waals surface area contributed by atoms with Crippen molar-refractivity contribution >= 4 is 11.7 Å². The number of rotatable bonds is 6. The molecule has 20 heavy (non-hydrogen) atoms. The lowest BCUT2D eigenvalue weighted by atomic mass is 9.92. The molecule has 0 atom stereocenters. The molecule has 0 heterocycles. The van der Waals surface area contributed by atoms with E-state index in [1.165, 1.54) is 0 Å². The lowest BCUT2D eigenvalue weighted by Crippen LogP contribution is -2.09. The first-order chi connectivity index (χ1) is 9.36. The van der Waals surface area contributed by atoms with Crippen molar-refractivity contribution in [2.45, 2.75) is 39.5 Å². The monoisotopic (exact) mass is 283 g/mol. The molecule has 0 aliphatic carbocycles. The maximum Gasteiger partial charge on any atom is 0.346 e. The first-order valence-electron chi connectivity index (χ1n) is 6.34. The van der Waals surface area contributed by atoms with Crippen LogP contribution in [0.3, 0.4) is 0 Å². The molecular formula is C13H17NO6. The summed E-state index contributed by atoms with van der Waals surface area (Å²) in [6.45, 7) is 3.62. The van der Waals surface area contributed by atoms with Gasteiger partial charge in [0.1, 0.15) is 0 Å². The van der Waals surface area contributed by atoms with E-state index in [9.17, 15) is 25.1 Å². The zero-order chi connectivity index (χ0) is 15.4. The molecule has 1 aromatic rings. The Morgan fingerprint density at radius 2 is 1.60 bits per heavy atom. The molecule has 0 saturated heterocycles. The molecule has 0 radical (unpaired) electrons. The first kappa shape index (κ1) is 15.7. The number of carboxylic acids is 1. The Morgan fingerprint density at radius 1 is 1.10 bits per heavy atom. The van der Waals surface area contributed by atoms with Gasteiger partial charge in [0.05, 0.1) is 4.92 Å². The molecule has 0 aliphatic heterocycles. The number of phenolic OH excluding ortho intramolecular Hbond substituents is 1. The third-order valence-corrected chi connectivity index (χ3v) is 3.03. The summed E-state index contributed by atoms with van der Waals surface area (Å²) in [5.41, 5.74) is -1.04. The second-order valence-corrected chi connectivity index (χ2v) is 4.44. The number of hydrogen-bond donors (Lipinski definition) is 3. The molecule has 7 heteroatoms. The fourth-order valence-corrected chi connectivity index (χ4v) is 2.25. The van der Waals surface area contributed by atoms with Crippen molar-refractivity contribution in [2.75, 3.05) is 0 Å². The minimum atomic E-state index is -1.63. The van der Waals surface area contributed by atoms with Gasteiger partial charge in [-0.1, -0.05) is 26.7 Å². The Balaban J connectivity index is 3.81. The van der Waals surface area contributed by atoms with Crippen molar-refractivity contribution in [2.24, 2.45) is 0 Å². The Morgan fingerprint density at radius 3 is 2.00 bits per heavy atom. The van der Waals surface area contributed by atoms with Gasteiger partial charge < -0.3 is 15.3 Å². The normalized spacial score (nSPS) is 10.5.